The van der Waals surface area contributed by atoms with Crippen molar-refractivity contribution in [3.05, 3.63) is 23.3 Å². The highest BCUT2D eigenvalue weighted by molar-refractivity contribution is 7.92. The van der Waals surface area contributed by atoms with Gasteiger partial charge in [-0.1, -0.05) is 0 Å². The first-order valence-electron chi connectivity index (χ1n) is 7.26. The number of carbonyl (C=O) groups is 2. The number of carbonyl (C=O) groups excluding carboxylic acids is 2. The summed E-state index contributed by atoms with van der Waals surface area (Å²) >= 11 is 0. The zero-order valence-electron chi connectivity index (χ0n) is 14.3. The Hall–Kier alpha value is -2.30. The summed E-state index contributed by atoms with van der Waals surface area (Å²) in [6.07, 6.45) is -5.38. The van der Waals surface area contributed by atoms with E-state index >= 15 is 0 Å². The van der Waals surface area contributed by atoms with Crippen molar-refractivity contribution in [1.82, 2.24) is 0 Å². The Morgan fingerprint density at radius 1 is 1.23 bits per heavy atom. The molecule has 1 atom stereocenters. The van der Waals surface area contributed by atoms with E-state index < -0.39 is 51.3 Å². The minimum absolute atomic E-state index is 0.173. The number of hydrogen-bond acceptors (Lipinski definition) is 6. The van der Waals surface area contributed by atoms with Crippen LogP contribution >= 0.6 is 0 Å². The number of rotatable bonds is 6. The first-order chi connectivity index (χ1) is 11.6. The van der Waals surface area contributed by atoms with Gasteiger partial charge in [-0.05, 0) is 38.5 Å². The number of nitrogens with one attached hydrogen (secondary N) is 1. The molecule has 0 heterocycles. The van der Waals surface area contributed by atoms with Crippen LogP contribution in [-0.4, -0.2) is 43.8 Å². The predicted molar refractivity (Wildman–Crippen MR) is 86.3 cm³/mol. The van der Waals surface area contributed by atoms with E-state index in [4.69, 9.17) is 4.74 Å². The molecule has 0 bridgehead atoms. The van der Waals surface area contributed by atoms with E-state index in [2.05, 4.69) is 0 Å². The molecule has 0 aliphatic rings. The third kappa shape index (κ3) is 5.61. The smallest absolute Gasteiger partial charge is 0.451 e. The molecule has 7 nitrogen and oxygen atoms in total. The summed E-state index contributed by atoms with van der Waals surface area (Å²) in [4.78, 5) is 23.8. The molecule has 1 unspecified atom stereocenters. The van der Waals surface area contributed by atoms with Gasteiger partial charge in [-0.15, -0.1) is 0 Å². The zero-order valence-corrected chi connectivity index (χ0v) is 15.2. The molecule has 1 aromatic rings. The van der Waals surface area contributed by atoms with Gasteiger partial charge in [-0.25, -0.2) is 8.42 Å². The predicted octanol–water partition coefficient (Wildman–Crippen LogP) is 2.24. The van der Waals surface area contributed by atoms with Crippen LogP contribution in [-0.2, 0) is 24.3 Å². The van der Waals surface area contributed by atoms with Gasteiger partial charge in [0.15, 0.2) is 5.92 Å². The Morgan fingerprint density at radius 2 is 1.77 bits per heavy atom. The van der Waals surface area contributed by atoms with Crippen LogP contribution < -0.4 is 4.72 Å². The lowest BCUT2D eigenvalue weighted by Crippen LogP contribution is -2.35. The zero-order chi connectivity index (χ0) is 20.4. The van der Waals surface area contributed by atoms with Crippen molar-refractivity contribution in [2.24, 2.45) is 0 Å². The largest absolute Gasteiger partial charge is 0.508 e. The molecular formula is C15H18F3NO6S. The molecule has 26 heavy (non-hydrogen) atoms. The van der Waals surface area contributed by atoms with E-state index in [9.17, 15) is 36.3 Å². The molecule has 11 heteroatoms. The second kappa shape index (κ2) is 7.52. The molecule has 0 aliphatic heterocycles. The normalized spacial score (nSPS) is 13.4. The number of esters is 1. The maximum atomic E-state index is 12.9. The van der Waals surface area contributed by atoms with E-state index in [1.807, 2.05) is 4.72 Å². The molecule has 0 radical (unpaired) electrons. The van der Waals surface area contributed by atoms with Gasteiger partial charge in [0.25, 0.3) is 5.78 Å². The molecule has 0 saturated carbocycles. The number of ketones is 1. The summed E-state index contributed by atoms with van der Waals surface area (Å²) < 4.78 is 68.2. The molecule has 146 valence electrons. The topological polar surface area (TPSA) is 110 Å². The Kier molecular flexibility index (Phi) is 6.29. The van der Waals surface area contributed by atoms with Crippen molar-refractivity contribution in [1.29, 1.82) is 0 Å². The van der Waals surface area contributed by atoms with Gasteiger partial charge in [0, 0.05) is 5.56 Å². The molecule has 0 aromatic heterocycles. The van der Waals surface area contributed by atoms with Gasteiger partial charge in [0.1, 0.15) is 5.75 Å². The number of aromatic hydroxyl groups is 1. The lowest BCUT2D eigenvalue weighted by molar-refractivity contribution is -0.178. The summed E-state index contributed by atoms with van der Waals surface area (Å²) in [5.74, 6) is -7.21. The Balaban J connectivity index is 3.57. The Morgan fingerprint density at radius 3 is 2.19 bits per heavy atom. The average molecular weight is 397 g/mol. The number of phenols is 1. The average Bonchev–Trinajstić information content (AvgIpc) is 2.40. The number of benzene rings is 1. The van der Waals surface area contributed by atoms with E-state index in [0.717, 1.165) is 18.4 Å². The highest BCUT2D eigenvalue weighted by atomic mass is 32.2. The summed E-state index contributed by atoms with van der Waals surface area (Å²) in [5, 5.41) is 9.98. The monoisotopic (exact) mass is 397 g/mol. The van der Waals surface area contributed by atoms with Crippen molar-refractivity contribution >= 4 is 27.5 Å². The first-order valence-corrected chi connectivity index (χ1v) is 9.15. The van der Waals surface area contributed by atoms with E-state index in [-0.39, 0.29) is 11.3 Å². The fourth-order valence-electron chi connectivity index (χ4n) is 2.09. The van der Waals surface area contributed by atoms with Crippen LogP contribution in [0.3, 0.4) is 0 Å². The van der Waals surface area contributed by atoms with Gasteiger partial charge in [-0.3, -0.25) is 14.3 Å². The number of ether oxygens (including phenoxy) is 1. The van der Waals surface area contributed by atoms with Crippen LogP contribution in [0.5, 0.6) is 5.75 Å². The molecule has 1 rings (SSSR count). The van der Waals surface area contributed by atoms with Crippen molar-refractivity contribution in [3.8, 4) is 5.75 Å². The van der Waals surface area contributed by atoms with Crippen molar-refractivity contribution in [3.63, 3.8) is 0 Å². The van der Waals surface area contributed by atoms with Crippen molar-refractivity contribution < 1.29 is 41.0 Å². The van der Waals surface area contributed by atoms with Crippen LogP contribution in [0.15, 0.2) is 12.1 Å². The summed E-state index contributed by atoms with van der Waals surface area (Å²) in [6, 6.07) is 1.75. The van der Waals surface area contributed by atoms with Gasteiger partial charge in [0.05, 0.1) is 18.0 Å². The maximum absolute atomic E-state index is 12.9. The van der Waals surface area contributed by atoms with E-state index in [1.54, 1.807) is 0 Å². The number of alkyl halides is 3. The van der Waals surface area contributed by atoms with Gasteiger partial charge >= 0.3 is 12.1 Å². The first kappa shape index (κ1) is 21.7. The van der Waals surface area contributed by atoms with Crippen molar-refractivity contribution in [2.45, 2.75) is 39.0 Å². The minimum Gasteiger partial charge on any atom is -0.508 e. The van der Waals surface area contributed by atoms with Gasteiger partial charge in [0.2, 0.25) is 10.0 Å². The molecule has 0 spiro atoms. The number of Topliss-reactive ketones (excluding diaryl/α,β-unsaturated/α-hetero) is 1. The van der Waals surface area contributed by atoms with Crippen LogP contribution in [0, 0.1) is 6.92 Å². The molecule has 0 saturated heterocycles. The second-order valence-electron chi connectivity index (χ2n) is 5.88. The number of sulfonamides is 1. The van der Waals surface area contributed by atoms with E-state index in [1.165, 1.54) is 20.8 Å². The van der Waals surface area contributed by atoms with Gasteiger partial charge in [-0.2, -0.15) is 13.2 Å². The van der Waals surface area contributed by atoms with Crippen LogP contribution in [0.25, 0.3) is 0 Å². The Bertz CT molecular complexity index is 817. The number of halogens is 3. The fourth-order valence-corrected chi connectivity index (χ4v) is 2.71. The van der Waals surface area contributed by atoms with Crippen LogP contribution in [0.4, 0.5) is 18.9 Å². The molecule has 1 aromatic carbocycles. The molecule has 0 aliphatic carbocycles. The maximum Gasteiger partial charge on any atom is 0.451 e. The quantitative estimate of drug-likeness (QED) is 0.433. The SMILES string of the molecule is Cc1cc(O)c(C(C(=O)OC(C)C)C(=O)C(F)(F)F)cc1NS(C)(=O)=O. The number of anilines is 1. The number of hydrogen-bond donors (Lipinski definition) is 2. The fraction of sp³-hybridized carbons (Fsp3) is 0.467. The third-order valence-corrected chi connectivity index (χ3v) is 3.70. The highest BCUT2D eigenvalue weighted by Crippen LogP contribution is 2.37. The molecular weight excluding hydrogens is 379 g/mol. The molecule has 0 fully saturated rings. The minimum atomic E-state index is -5.37. The van der Waals surface area contributed by atoms with Crippen LogP contribution in [0.1, 0.15) is 30.9 Å². The number of aryl methyl sites for hydroxylation is 1. The Labute approximate surface area is 148 Å². The lowest BCUT2D eigenvalue weighted by Gasteiger charge is -2.20. The van der Waals surface area contributed by atoms with E-state index in [0.29, 0.717) is 0 Å². The van der Waals surface area contributed by atoms with Crippen molar-refractivity contribution in [2.75, 3.05) is 11.0 Å². The molecule has 0 amide bonds. The standard InChI is InChI=1S/C15H18F3NO6S/c1-7(2)25-14(22)12(13(21)15(16,17)18)9-6-10(19-26(4,23)24)8(3)5-11(9)20/h5-7,12,19-20H,1-4H3. The summed E-state index contributed by atoms with van der Waals surface area (Å²) in [7, 11) is -3.80. The summed E-state index contributed by atoms with van der Waals surface area (Å²) in [5.41, 5.74) is -0.723. The molecule has 2 N–H and O–H groups in total. The van der Waals surface area contributed by atoms with Gasteiger partial charge < -0.3 is 9.84 Å². The highest BCUT2D eigenvalue weighted by Gasteiger charge is 2.49. The summed E-state index contributed by atoms with van der Waals surface area (Å²) in [6.45, 7) is 4.13. The second-order valence-corrected chi connectivity index (χ2v) is 7.63. The van der Waals surface area contributed by atoms with Crippen LogP contribution in [0.2, 0.25) is 0 Å². The third-order valence-electron chi connectivity index (χ3n) is 3.11. The lowest BCUT2D eigenvalue weighted by atomic mass is 9.92. The number of phenolic OH excluding ortho intramolecular Hbond substituents is 1.